The first-order valence-corrected chi connectivity index (χ1v) is 9.72. The molecule has 0 spiro atoms. The number of carbonyl (C=O) groups excluding carboxylic acids is 1. The average Bonchev–Trinajstić information content (AvgIpc) is 2.71. The summed E-state index contributed by atoms with van der Waals surface area (Å²) in [7, 11) is 0. The molecule has 0 aliphatic rings. The number of nitro groups is 1. The highest BCUT2D eigenvalue weighted by Crippen LogP contribution is 2.26. The first-order chi connectivity index (χ1) is 13.5. The van der Waals surface area contributed by atoms with Gasteiger partial charge in [-0.05, 0) is 30.5 Å². The molecule has 1 unspecified atom stereocenters. The molecule has 1 atom stereocenters. The highest BCUT2D eigenvalue weighted by Gasteiger charge is 2.15. The minimum absolute atomic E-state index is 0.0343. The molecule has 1 N–H and O–H groups in total. The monoisotopic (exact) mass is 396 g/mol. The number of nitro benzene ring substituents is 1. The molecular weight excluding hydrogens is 376 g/mol. The first kappa shape index (κ1) is 19.7. The van der Waals surface area contributed by atoms with Crippen LogP contribution in [0.25, 0.3) is 10.8 Å². The molecule has 0 aromatic heterocycles. The molecule has 0 radical (unpaired) electrons. The second-order valence-corrected chi connectivity index (χ2v) is 7.54. The predicted molar refractivity (Wildman–Crippen MR) is 111 cm³/mol. The van der Waals surface area contributed by atoms with Crippen molar-refractivity contribution in [1.29, 1.82) is 0 Å². The number of hydrogen-bond acceptors (Lipinski definition) is 5. The van der Waals surface area contributed by atoms with Crippen molar-refractivity contribution in [1.82, 2.24) is 5.32 Å². The Bertz CT molecular complexity index is 970. The van der Waals surface area contributed by atoms with Crippen LogP contribution in [0, 0.1) is 10.1 Å². The fraction of sp³-hybridized carbons (Fsp3) is 0.190. The van der Waals surface area contributed by atoms with Crippen molar-refractivity contribution >= 4 is 34.1 Å². The lowest BCUT2D eigenvalue weighted by Gasteiger charge is -2.13. The van der Waals surface area contributed by atoms with Crippen LogP contribution in [-0.4, -0.2) is 29.2 Å². The lowest BCUT2D eigenvalue weighted by molar-refractivity contribution is -0.384. The van der Waals surface area contributed by atoms with Crippen LogP contribution in [0.2, 0.25) is 0 Å². The number of rotatable bonds is 8. The van der Waals surface area contributed by atoms with Crippen LogP contribution in [0.4, 0.5) is 5.69 Å². The lowest BCUT2D eigenvalue weighted by Crippen LogP contribution is -2.33. The summed E-state index contributed by atoms with van der Waals surface area (Å²) in [5, 5.41) is 15.4. The molecule has 28 heavy (non-hydrogen) atoms. The van der Waals surface area contributed by atoms with Gasteiger partial charge in [-0.2, -0.15) is 0 Å². The fourth-order valence-electron chi connectivity index (χ4n) is 2.70. The molecule has 0 fully saturated rings. The van der Waals surface area contributed by atoms with Crippen LogP contribution >= 0.6 is 11.8 Å². The summed E-state index contributed by atoms with van der Waals surface area (Å²) < 4.78 is 5.82. The Morgan fingerprint density at radius 3 is 2.57 bits per heavy atom. The summed E-state index contributed by atoms with van der Waals surface area (Å²) in [5.41, 5.74) is 0.0343. The van der Waals surface area contributed by atoms with Gasteiger partial charge in [-0.1, -0.05) is 36.4 Å². The highest BCUT2D eigenvalue weighted by molar-refractivity contribution is 8.00. The molecule has 3 rings (SSSR count). The van der Waals surface area contributed by atoms with E-state index in [0.29, 0.717) is 13.2 Å². The minimum atomic E-state index is -0.444. The summed E-state index contributed by atoms with van der Waals surface area (Å²) in [6, 6.07) is 20.0. The van der Waals surface area contributed by atoms with E-state index in [9.17, 15) is 14.9 Å². The first-order valence-electron chi connectivity index (χ1n) is 8.84. The third-order valence-electron chi connectivity index (χ3n) is 4.14. The zero-order valence-electron chi connectivity index (χ0n) is 15.3. The fourth-order valence-corrected chi connectivity index (χ4v) is 3.60. The van der Waals surface area contributed by atoms with Gasteiger partial charge in [0, 0.05) is 22.4 Å². The SMILES string of the molecule is CC(Sc1ccc([N+](=O)[O-])cc1)C(=O)NCCOc1cccc2ccccc12. The van der Waals surface area contributed by atoms with E-state index in [1.54, 1.807) is 19.1 Å². The van der Waals surface area contributed by atoms with Crippen molar-refractivity contribution in [2.75, 3.05) is 13.2 Å². The predicted octanol–water partition coefficient (Wildman–Crippen LogP) is 4.42. The van der Waals surface area contributed by atoms with E-state index in [-0.39, 0.29) is 16.8 Å². The maximum Gasteiger partial charge on any atom is 0.269 e. The number of carbonyl (C=O) groups is 1. The number of nitrogens with one attached hydrogen (secondary N) is 1. The van der Waals surface area contributed by atoms with Gasteiger partial charge in [-0.3, -0.25) is 14.9 Å². The minimum Gasteiger partial charge on any atom is -0.491 e. The lowest BCUT2D eigenvalue weighted by atomic mass is 10.1. The van der Waals surface area contributed by atoms with Gasteiger partial charge >= 0.3 is 0 Å². The Labute approximate surface area is 167 Å². The Hall–Kier alpha value is -3.06. The van der Waals surface area contributed by atoms with E-state index in [1.807, 2.05) is 42.5 Å². The van der Waals surface area contributed by atoms with Gasteiger partial charge in [-0.25, -0.2) is 0 Å². The molecule has 3 aromatic carbocycles. The number of nitrogens with zero attached hydrogens (tertiary/aromatic N) is 1. The maximum atomic E-state index is 12.3. The normalized spacial score (nSPS) is 11.8. The van der Waals surface area contributed by atoms with Gasteiger partial charge < -0.3 is 10.1 Å². The molecule has 6 nitrogen and oxygen atoms in total. The topological polar surface area (TPSA) is 81.5 Å². The molecule has 0 saturated heterocycles. The summed E-state index contributed by atoms with van der Waals surface area (Å²) in [4.78, 5) is 23.3. The van der Waals surface area contributed by atoms with E-state index >= 15 is 0 Å². The van der Waals surface area contributed by atoms with E-state index in [2.05, 4.69) is 5.32 Å². The molecule has 0 bridgehead atoms. The second kappa shape index (κ2) is 9.23. The molecule has 1 amide bonds. The van der Waals surface area contributed by atoms with Gasteiger partial charge in [0.2, 0.25) is 5.91 Å². The number of thioether (sulfide) groups is 1. The summed E-state index contributed by atoms with van der Waals surface area (Å²) >= 11 is 1.35. The quantitative estimate of drug-likeness (QED) is 0.264. The molecule has 0 aliphatic heterocycles. The maximum absolute atomic E-state index is 12.3. The summed E-state index contributed by atoms with van der Waals surface area (Å²) in [6.07, 6.45) is 0. The van der Waals surface area contributed by atoms with Gasteiger partial charge in [-0.15, -0.1) is 11.8 Å². The van der Waals surface area contributed by atoms with Crippen LogP contribution in [0.1, 0.15) is 6.92 Å². The largest absolute Gasteiger partial charge is 0.491 e. The highest BCUT2D eigenvalue weighted by atomic mass is 32.2. The zero-order valence-corrected chi connectivity index (χ0v) is 16.1. The van der Waals surface area contributed by atoms with E-state index in [4.69, 9.17) is 4.74 Å². The number of non-ortho nitro benzene ring substituents is 1. The van der Waals surface area contributed by atoms with E-state index in [0.717, 1.165) is 21.4 Å². The Kier molecular flexibility index (Phi) is 6.49. The number of hydrogen-bond donors (Lipinski definition) is 1. The molecule has 0 heterocycles. The van der Waals surface area contributed by atoms with Crippen LogP contribution in [0.15, 0.2) is 71.6 Å². The zero-order chi connectivity index (χ0) is 19.9. The smallest absolute Gasteiger partial charge is 0.269 e. The number of amides is 1. The van der Waals surface area contributed by atoms with Gasteiger partial charge in [0.05, 0.1) is 16.7 Å². The molecule has 0 aliphatic carbocycles. The average molecular weight is 396 g/mol. The molecular formula is C21H20N2O4S. The third kappa shape index (κ3) is 5.01. The van der Waals surface area contributed by atoms with Crippen molar-refractivity contribution in [2.24, 2.45) is 0 Å². The summed E-state index contributed by atoms with van der Waals surface area (Å²) in [5.74, 6) is 0.686. The van der Waals surface area contributed by atoms with E-state index in [1.165, 1.54) is 23.9 Å². The molecule has 144 valence electrons. The van der Waals surface area contributed by atoms with Crippen molar-refractivity contribution < 1.29 is 14.5 Å². The second-order valence-electron chi connectivity index (χ2n) is 6.13. The van der Waals surface area contributed by atoms with Crippen molar-refractivity contribution in [3.8, 4) is 5.75 Å². The Balaban J connectivity index is 1.46. The standard InChI is InChI=1S/C21H20N2O4S/c1-15(28-18-11-9-17(10-12-18)23(25)26)21(24)22-13-14-27-20-8-4-6-16-5-2-3-7-19(16)20/h2-12,15H,13-14H2,1H3,(H,22,24). The van der Waals surface area contributed by atoms with Gasteiger partial charge in [0.15, 0.2) is 0 Å². The van der Waals surface area contributed by atoms with Crippen LogP contribution in [0.5, 0.6) is 5.75 Å². The van der Waals surface area contributed by atoms with Gasteiger partial charge in [0.1, 0.15) is 12.4 Å². The molecule has 3 aromatic rings. The Morgan fingerprint density at radius 1 is 1.11 bits per heavy atom. The van der Waals surface area contributed by atoms with Crippen LogP contribution < -0.4 is 10.1 Å². The Morgan fingerprint density at radius 2 is 1.82 bits per heavy atom. The summed E-state index contributed by atoms with van der Waals surface area (Å²) in [6.45, 7) is 2.56. The number of ether oxygens (including phenoxy) is 1. The van der Waals surface area contributed by atoms with E-state index < -0.39 is 4.92 Å². The van der Waals surface area contributed by atoms with Crippen molar-refractivity contribution in [3.63, 3.8) is 0 Å². The van der Waals surface area contributed by atoms with Gasteiger partial charge in [0.25, 0.3) is 5.69 Å². The molecule has 0 saturated carbocycles. The van der Waals surface area contributed by atoms with Crippen molar-refractivity contribution in [3.05, 3.63) is 76.8 Å². The molecule has 7 heteroatoms. The third-order valence-corrected chi connectivity index (χ3v) is 5.25. The number of benzene rings is 3. The van der Waals surface area contributed by atoms with Crippen molar-refractivity contribution in [2.45, 2.75) is 17.1 Å². The van der Waals surface area contributed by atoms with Crippen LogP contribution in [0.3, 0.4) is 0 Å². The number of fused-ring (bicyclic) bond motifs is 1. The van der Waals surface area contributed by atoms with Crippen LogP contribution in [-0.2, 0) is 4.79 Å².